The normalized spacial score (nSPS) is 14.2. The molecule has 0 spiro atoms. The lowest BCUT2D eigenvalue weighted by atomic mass is 10.0. The monoisotopic (exact) mass is 177 g/mol. The van der Waals surface area contributed by atoms with Gasteiger partial charge in [-0.2, -0.15) is 10.5 Å². The van der Waals surface area contributed by atoms with Gasteiger partial charge in [0.25, 0.3) is 0 Å². The topological polar surface area (TPSA) is 47.6 Å². The van der Waals surface area contributed by atoms with E-state index in [4.69, 9.17) is 10.5 Å². The Morgan fingerprint density at radius 3 is 2.23 bits per heavy atom. The largest absolute Gasteiger partial charge is 0.198 e. The van der Waals surface area contributed by atoms with E-state index in [0.29, 0.717) is 0 Å². The Balaban J connectivity index is 3.19. The van der Waals surface area contributed by atoms with E-state index in [-0.39, 0.29) is 11.8 Å². The first-order valence-electron chi connectivity index (χ1n) is 4.83. The highest BCUT2D eigenvalue weighted by molar-refractivity contribution is 4.84. The van der Waals surface area contributed by atoms with Gasteiger partial charge in [-0.05, 0) is 26.7 Å². The van der Waals surface area contributed by atoms with E-state index in [1.165, 1.54) is 0 Å². The summed E-state index contributed by atoms with van der Waals surface area (Å²) in [6.07, 6.45) is 5.12. The molecule has 0 aliphatic rings. The fourth-order valence-electron chi connectivity index (χ4n) is 1.15. The summed E-state index contributed by atoms with van der Waals surface area (Å²) in [5.74, 6) is 0.111. The second-order valence-corrected chi connectivity index (χ2v) is 3.49. The highest BCUT2D eigenvalue weighted by atomic mass is 14.3. The van der Waals surface area contributed by atoms with E-state index >= 15 is 0 Å². The summed E-state index contributed by atoms with van der Waals surface area (Å²) in [5.41, 5.74) is 0. The molecule has 0 saturated carbocycles. The zero-order chi connectivity index (χ0) is 10.1. The highest BCUT2D eigenvalue weighted by Gasteiger charge is 2.01. The zero-order valence-corrected chi connectivity index (χ0v) is 8.29. The van der Waals surface area contributed by atoms with Crippen molar-refractivity contribution < 1.29 is 0 Å². The molecule has 1 radical (unpaired) electrons. The molecule has 0 aromatic carbocycles. The molecule has 0 fully saturated rings. The summed E-state index contributed by atoms with van der Waals surface area (Å²) in [5, 5.41) is 17.0. The van der Waals surface area contributed by atoms with Crippen molar-refractivity contribution in [1.82, 2.24) is 0 Å². The molecule has 2 atom stereocenters. The van der Waals surface area contributed by atoms with Crippen molar-refractivity contribution in [1.29, 1.82) is 10.5 Å². The molecular weight excluding hydrogens is 160 g/mol. The van der Waals surface area contributed by atoms with Crippen molar-refractivity contribution in [2.24, 2.45) is 11.8 Å². The van der Waals surface area contributed by atoms with E-state index in [9.17, 15) is 0 Å². The fourth-order valence-corrected chi connectivity index (χ4v) is 1.15. The van der Waals surface area contributed by atoms with Crippen LogP contribution in [0.1, 0.15) is 39.0 Å². The predicted octanol–water partition coefficient (Wildman–Crippen LogP) is 3.07. The van der Waals surface area contributed by atoms with Crippen molar-refractivity contribution in [2.45, 2.75) is 39.0 Å². The summed E-state index contributed by atoms with van der Waals surface area (Å²) in [7, 11) is 0. The summed E-state index contributed by atoms with van der Waals surface area (Å²) < 4.78 is 0. The van der Waals surface area contributed by atoms with Crippen molar-refractivity contribution >= 4 is 0 Å². The highest BCUT2D eigenvalue weighted by Crippen LogP contribution is 2.12. The molecule has 0 aromatic rings. The molecule has 71 valence electrons. The average Bonchev–Trinajstić information content (AvgIpc) is 2.16. The lowest BCUT2D eigenvalue weighted by molar-refractivity contribution is 0.543. The molecule has 0 aliphatic heterocycles. The van der Waals surface area contributed by atoms with E-state index in [0.717, 1.165) is 32.1 Å². The Morgan fingerprint density at radius 2 is 1.69 bits per heavy atom. The maximum atomic E-state index is 8.51. The Labute approximate surface area is 81.2 Å². The molecule has 0 aliphatic carbocycles. The molecule has 0 heterocycles. The summed E-state index contributed by atoms with van der Waals surface area (Å²) >= 11 is 0. The van der Waals surface area contributed by atoms with Gasteiger partial charge in [0.05, 0.1) is 12.1 Å². The standard InChI is InChI=1S/C11H17N2/c1-10(8-12)6-4-3-5-7-11(2)9-13/h10-11H,1,3-7H2,2H3. The maximum Gasteiger partial charge on any atom is 0.0655 e. The fraction of sp³-hybridized carbons (Fsp3) is 0.727. The third-order valence-electron chi connectivity index (χ3n) is 2.09. The minimum absolute atomic E-state index is 0.0617. The van der Waals surface area contributed by atoms with Crippen molar-refractivity contribution in [3.8, 4) is 12.1 Å². The Kier molecular flexibility index (Phi) is 7.02. The van der Waals surface area contributed by atoms with Crippen LogP contribution in [0.3, 0.4) is 0 Å². The van der Waals surface area contributed by atoms with Crippen molar-refractivity contribution in [3.63, 3.8) is 0 Å². The van der Waals surface area contributed by atoms with Crippen LogP contribution in [-0.2, 0) is 0 Å². The van der Waals surface area contributed by atoms with Crippen LogP contribution < -0.4 is 0 Å². The summed E-state index contributed by atoms with van der Waals surface area (Å²) in [4.78, 5) is 0. The van der Waals surface area contributed by atoms with Crippen LogP contribution in [-0.4, -0.2) is 0 Å². The third-order valence-corrected chi connectivity index (χ3v) is 2.09. The van der Waals surface area contributed by atoms with Gasteiger partial charge < -0.3 is 0 Å². The molecule has 0 bridgehead atoms. The Morgan fingerprint density at radius 1 is 1.08 bits per heavy atom. The van der Waals surface area contributed by atoms with Crippen LogP contribution >= 0.6 is 0 Å². The molecule has 2 unspecified atom stereocenters. The Bertz CT molecular complexity index is 175. The minimum atomic E-state index is -0.0617. The van der Waals surface area contributed by atoms with E-state index in [1.54, 1.807) is 0 Å². The molecule has 2 nitrogen and oxygen atoms in total. The lowest BCUT2D eigenvalue weighted by Gasteiger charge is -2.03. The van der Waals surface area contributed by atoms with Gasteiger partial charge in [0, 0.05) is 11.8 Å². The van der Waals surface area contributed by atoms with Crippen molar-refractivity contribution in [2.75, 3.05) is 0 Å². The van der Waals surface area contributed by atoms with E-state index in [1.807, 2.05) is 6.92 Å². The molecule has 2 heteroatoms. The second-order valence-electron chi connectivity index (χ2n) is 3.49. The molecule has 0 amide bonds. The first-order chi connectivity index (χ1) is 6.20. The van der Waals surface area contributed by atoms with Gasteiger partial charge in [0.2, 0.25) is 0 Å². The number of rotatable bonds is 6. The van der Waals surface area contributed by atoms with Gasteiger partial charge in [-0.1, -0.05) is 19.3 Å². The molecule has 0 N–H and O–H groups in total. The van der Waals surface area contributed by atoms with Crippen LogP contribution in [0.25, 0.3) is 0 Å². The van der Waals surface area contributed by atoms with Gasteiger partial charge in [0.15, 0.2) is 0 Å². The van der Waals surface area contributed by atoms with Crippen LogP contribution in [0.2, 0.25) is 0 Å². The molecule has 0 aromatic heterocycles. The van der Waals surface area contributed by atoms with E-state index < -0.39 is 0 Å². The molecular formula is C11H17N2. The molecule has 0 saturated heterocycles. The maximum absolute atomic E-state index is 8.51. The van der Waals surface area contributed by atoms with Crippen LogP contribution in [0.5, 0.6) is 0 Å². The molecule has 13 heavy (non-hydrogen) atoms. The van der Waals surface area contributed by atoms with Gasteiger partial charge in [0.1, 0.15) is 0 Å². The summed E-state index contributed by atoms with van der Waals surface area (Å²) in [6, 6.07) is 4.32. The second kappa shape index (κ2) is 7.62. The third kappa shape index (κ3) is 7.34. The van der Waals surface area contributed by atoms with Gasteiger partial charge in [-0.15, -0.1) is 0 Å². The predicted molar refractivity (Wildman–Crippen MR) is 52.3 cm³/mol. The van der Waals surface area contributed by atoms with Gasteiger partial charge in [-0.3, -0.25) is 0 Å². The smallest absolute Gasteiger partial charge is 0.0655 e. The number of nitriles is 2. The molecule has 0 rings (SSSR count). The Hall–Kier alpha value is -1.02. The minimum Gasteiger partial charge on any atom is -0.198 e. The average molecular weight is 177 g/mol. The SMILES string of the molecule is [CH2]C(C#N)CCCCCC(C)C#N. The van der Waals surface area contributed by atoms with E-state index in [2.05, 4.69) is 19.1 Å². The van der Waals surface area contributed by atoms with Gasteiger partial charge in [-0.25, -0.2) is 0 Å². The lowest BCUT2D eigenvalue weighted by Crippen LogP contribution is -1.92. The first kappa shape index (κ1) is 12.0. The number of unbranched alkanes of at least 4 members (excludes halogenated alkanes) is 2. The summed E-state index contributed by atoms with van der Waals surface area (Å²) in [6.45, 7) is 5.64. The van der Waals surface area contributed by atoms with Gasteiger partial charge >= 0.3 is 0 Å². The van der Waals surface area contributed by atoms with Crippen molar-refractivity contribution in [3.05, 3.63) is 6.92 Å². The van der Waals surface area contributed by atoms with Crippen LogP contribution in [0, 0.1) is 41.4 Å². The van der Waals surface area contributed by atoms with Crippen LogP contribution in [0.15, 0.2) is 0 Å². The number of hydrogen-bond acceptors (Lipinski definition) is 2. The zero-order valence-electron chi connectivity index (χ0n) is 8.29. The number of nitrogens with zero attached hydrogens (tertiary/aromatic N) is 2. The quantitative estimate of drug-likeness (QED) is 0.585. The number of hydrogen-bond donors (Lipinski definition) is 0. The van der Waals surface area contributed by atoms with Crippen LogP contribution in [0.4, 0.5) is 0 Å². The first-order valence-corrected chi connectivity index (χ1v) is 4.83.